The summed E-state index contributed by atoms with van der Waals surface area (Å²) in [6, 6.07) is 15.1. The van der Waals surface area contributed by atoms with E-state index >= 15 is 0 Å². The molecule has 3 aromatic rings. The normalized spacial score (nSPS) is 12.0. The van der Waals surface area contributed by atoms with Crippen molar-refractivity contribution >= 4 is 5.91 Å². The summed E-state index contributed by atoms with van der Waals surface area (Å²) in [7, 11) is 0. The lowest BCUT2D eigenvalue weighted by Crippen LogP contribution is -2.24. The van der Waals surface area contributed by atoms with Gasteiger partial charge in [-0.05, 0) is 29.7 Å². The molecule has 0 saturated heterocycles. The largest absolute Gasteiger partial charge is 0.501 e. The van der Waals surface area contributed by atoms with Crippen molar-refractivity contribution in [1.29, 1.82) is 0 Å². The van der Waals surface area contributed by atoms with Crippen molar-refractivity contribution in [3.8, 4) is 23.1 Å². The van der Waals surface area contributed by atoms with Crippen LogP contribution in [-0.2, 0) is 19.4 Å². The van der Waals surface area contributed by atoms with E-state index in [4.69, 9.17) is 9.47 Å². The van der Waals surface area contributed by atoms with Crippen molar-refractivity contribution in [2.45, 2.75) is 19.4 Å². The van der Waals surface area contributed by atoms with E-state index in [1.54, 1.807) is 18.2 Å². The number of ether oxygens (including phenoxy) is 2. The van der Waals surface area contributed by atoms with Crippen LogP contribution in [0.2, 0.25) is 0 Å². The molecular formula is C21H19N3O5. The maximum absolute atomic E-state index is 12.5. The number of nitrogens with one attached hydrogen (secondary N) is 1. The second-order valence-electron chi connectivity index (χ2n) is 6.52. The predicted molar refractivity (Wildman–Crippen MR) is 103 cm³/mol. The quantitative estimate of drug-likeness (QED) is 0.589. The number of aromatic nitrogens is 2. The Morgan fingerprint density at radius 1 is 0.966 bits per heavy atom. The van der Waals surface area contributed by atoms with E-state index in [-0.39, 0.29) is 24.9 Å². The molecule has 2 aromatic carbocycles. The second kappa shape index (κ2) is 8.05. The SMILES string of the molecule is O=C(NCc1ccc2c(c1)OCO2)c1nc(CCc2ccccc2)nc(O)c1O. The Kier molecular flexibility index (Phi) is 5.15. The van der Waals surface area contributed by atoms with Crippen LogP contribution in [0.1, 0.15) is 27.4 Å². The van der Waals surface area contributed by atoms with Crippen LogP contribution in [0.3, 0.4) is 0 Å². The molecule has 148 valence electrons. The summed E-state index contributed by atoms with van der Waals surface area (Å²) in [6.07, 6.45) is 1.06. The number of fused-ring (bicyclic) bond motifs is 1. The maximum Gasteiger partial charge on any atom is 0.274 e. The smallest absolute Gasteiger partial charge is 0.274 e. The third-order valence-corrected chi connectivity index (χ3v) is 4.50. The first-order valence-electron chi connectivity index (χ1n) is 9.09. The molecule has 8 nitrogen and oxygen atoms in total. The number of carbonyl (C=O) groups excluding carboxylic acids is 1. The van der Waals surface area contributed by atoms with Crippen LogP contribution in [0.25, 0.3) is 0 Å². The Morgan fingerprint density at radius 3 is 2.59 bits per heavy atom. The highest BCUT2D eigenvalue weighted by Crippen LogP contribution is 2.32. The Morgan fingerprint density at radius 2 is 1.76 bits per heavy atom. The summed E-state index contributed by atoms with van der Waals surface area (Å²) in [5.74, 6) is -0.326. The monoisotopic (exact) mass is 393 g/mol. The van der Waals surface area contributed by atoms with E-state index in [2.05, 4.69) is 15.3 Å². The molecule has 0 saturated carbocycles. The van der Waals surface area contributed by atoms with Gasteiger partial charge in [-0.2, -0.15) is 4.98 Å². The zero-order valence-electron chi connectivity index (χ0n) is 15.5. The van der Waals surface area contributed by atoms with Crippen molar-refractivity contribution < 1.29 is 24.5 Å². The molecule has 8 heteroatoms. The zero-order valence-corrected chi connectivity index (χ0v) is 15.5. The molecule has 1 aliphatic heterocycles. The standard InChI is InChI=1S/C21H19N3O5/c25-19-18(20(26)22-11-14-6-8-15-16(10-14)29-12-28-15)23-17(24-21(19)27)9-7-13-4-2-1-3-5-13/h1-6,8,10,25H,7,9,11-12H2,(H,22,26)(H,23,24,27). The Bertz CT molecular complexity index is 1040. The maximum atomic E-state index is 12.5. The highest BCUT2D eigenvalue weighted by atomic mass is 16.7. The topological polar surface area (TPSA) is 114 Å². The Hall–Kier alpha value is -3.81. The number of benzene rings is 2. The fourth-order valence-corrected chi connectivity index (χ4v) is 2.98. The molecular weight excluding hydrogens is 374 g/mol. The summed E-state index contributed by atoms with van der Waals surface area (Å²) < 4.78 is 10.6. The van der Waals surface area contributed by atoms with Gasteiger partial charge in [0.05, 0.1) is 0 Å². The Balaban J connectivity index is 1.45. The van der Waals surface area contributed by atoms with Crippen LogP contribution in [0.4, 0.5) is 0 Å². The van der Waals surface area contributed by atoms with E-state index in [0.29, 0.717) is 24.3 Å². The van der Waals surface area contributed by atoms with Crippen LogP contribution in [-0.4, -0.2) is 32.9 Å². The second-order valence-corrected chi connectivity index (χ2v) is 6.52. The van der Waals surface area contributed by atoms with Gasteiger partial charge >= 0.3 is 0 Å². The lowest BCUT2D eigenvalue weighted by Gasteiger charge is -2.09. The fourth-order valence-electron chi connectivity index (χ4n) is 2.98. The lowest BCUT2D eigenvalue weighted by atomic mass is 10.1. The average Bonchev–Trinajstić information content (AvgIpc) is 3.21. The first kappa shape index (κ1) is 18.5. The summed E-state index contributed by atoms with van der Waals surface area (Å²) in [4.78, 5) is 20.5. The van der Waals surface area contributed by atoms with Crippen LogP contribution < -0.4 is 14.8 Å². The summed E-state index contributed by atoms with van der Waals surface area (Å²) >= 11 is 0. The van der Waals surface area contributed by atoms with Gasteiger partial charge in [0.15, 0.2) is 17.2 Å². The van der Waals surface area contributed by atoms with Gasteiger partial charge in [0.1, 0.15) is 5.82 Å². The number of aryl methyl sites for hydroxylation is 2. The van der Waals surface area contributed by atoms with Crippen LogP contribution in [0, 0.1) is 0 Å². The number of rotatable bonds is 6. The average molecular weight is 393 g/mol. The number of aromatic hydroxyl groups is 2. The summed E-state index contributed by atoms with van der Waals surface area (Å²) in [6.45, 7) is 0.365. The molecule has 2 heterocycles. The highest BCUT2D eigenvalue weighted by molar-refractivity contribution is 5.95. The van der Waals surface area contributed by atoms with Gasteiger partial charge in [-0.25, -0.2) is 4.98 Å². The minimum atomic E-state index is -0.642. The predicted octanol–water partition coefficient (Wildman–Crippen LogP) is 2.33. The van der Waals surface area contributed by atoms with Gasteiger partial charge in [-0.3, -0.25) is 4.79 Å². The number of nitrogens with zero attached hydrogens (tertiary/aromatic N) is 2. The van der Waals surface area contributed by atoms with Crippen molar-refractivity contribution in [3.63, 3.8) is 0 Å². The minimum Gasteiger partial charge on any atom is -0.501 e. The molecule has 1 aromatic heterocycles. The molecule has 0 bridgehead atoms. The minimum absolute atomic E-state index is 0.172. The first-order chi connectivity index (χ1) is 14.1. The molecule has 4 rings (SSSR count). The molecule has 3 N–H and O–H groups in total. The van der Waals surface area contributed by atoms with E-state index in [0.717, 1.165) is 11.1 Å². The molecule has 0 unspecified atom stereocenters. The number of amides is 1. The third-order valence-electron chi connectivity index (χ3n) is 4.50. The number of carbonyl (C=O) groups is 1. The van der Waals surface area contributed by atoms with Gasteiger partial charge in [0.2, 0.25) is 12.5 Å². The van der Waals surface area contributed by atoms with E-state index < -0.39 is 17.5 Å². The van der Waals surface area contributed by atoms with Gasteiger partial charge in [-0.15, -0.1) is 0 Å². The van der Waals surface area contributed by atoms with E-state index in [1.165, 1.54) is 0 Å². The van der Waals surface area contributed by atoms with Crippen LogP contribution in [0.15, 0.2) is 48.5 Å². The fraction of sp³-hybridized carbons (Fsp3) is 0.190. The molecule has 0 spiro atoms. The van der Waals surface area contributed by atoms with Gasteiger partial charge in [0, 0.05) is 13.0 Å². The third kappa shape index (κ3) is 4.21. The van der Waals surface area contributed by atoms with Crippen LogP contribution in [0.5, 0.6) is 23.1 Å². The zero-order chi connectivity index (χ0) is 20.2. The first-order valence-corrected chi connectivity index (χ1v) is 9.09. The van der Waals surface area contributed by atoms with E-state index in [9.17, 15) is 15.0 Å². The van der Waals surface area contributed by atoms with E-state index in [1.807, 2.05) is 30.3 Å². The van der Waals surface area contributed by atoms with Crippen molar-refractivity contribution in [2.75, 3.05) is 6.79 Å². The van der Waals surface area contributed by atoms with Gasteiger partial charge in [0.25, 0.3) is 11.8 Å². The van der Waals surface area contributed by atoms with Crippen LogP contribution >= 0.6 is 0 Å². The van der Waals surface area contributed by atoms with Crippen molar-refractivity contribution in [1.82, 2.24) is 15.3 Å². The Labute approximate surface area is 166 Å². The molecule has 1 aliphatic rings. The van der Waals surface area contributed by atoms with Gasteiger partial charge in [-0.1, -0.05) is 36.4 Å². The molecule has 0 aliphatic carbocycles. The number of hydrogen-bond donors (Lipinski definition) is 3. The van der Waals surface area contributed by atoms with Crippen molar-refractivity contribution in [3.05, 3.63) is 71.2 Å². The summed E-state index contributed by atoms with van der Waals surface area (Å²) in [5, 5.41) is 22.6. The summed E-state index contributed by atoms with van der Waals surface area (Å²) in [5.41, 5.74) is 1.61. The molecule has 29 heavy (non-hydrogen) atoms. The van der Waals surface area contributed by atoms with Gasteiger partial charge < -0.3 is 25.0 Å². The molecule has 0 radical (unpaired) electrons. The van der Waals surface area contributed by atoms with Crippen molar-refractivity contribution in [2.24, 2.45) is 0 Å². The molecule has 0 atom stereocenters. The molecule has 1 amide bonds. The highest BCUT2D eigenvalue weighted by Gasteiger charge is 2.20. The lowest BCUT2D eigenvalue weighted by molar-refractivity contribution is 0.0941. The number of hydrogen-bond acceptors (Lipinski definition) is 7. The molecule has 0 fully saturated rings.